The van der Waals surface area contributed by atoms with Gasteiger partial charge in [-0.1, -0.05) is 30.7 Å². The van der Waals surface area contributed by atoms with Gasteiger partial charge in [-0.2, -0.15) is 10.2 Å². The molecule has 0 unspecified atom stereocenters. The van der Waals surface area contributed by atoms with Crippen LogP contribution < -0.4 is 4.90 Å². The number of amides is 1. The van der Waals surface area contributed by atoms with Crippen molar-refractivity contribution < 1.29 is 9.53 Å². The van der Waals surface area contributed by atoms with Crippen molar-refractivity contribution in [2.75, 3.05) is 4.90 Å². The Bertz CT molecular complexity index is 1220. The number of fused-ring (bicyclic) bond motifs is 2. The molecule has 30 heavy (non-hydrogen) atoms. The second-order valence-corrected chi connectivity index (χ2v) is 7.66. The second-order valence-electron chi connectivity index (χ2n) is 7.66. The normalized spacial score (nSPS) is 21.1. The fraction of sp³-hybridized carbons (Fsp3) is 0.286. The highest BCUT2D eigenvalue weighted by Gasteiger charge is 2.44. The lowest BCUT2D eigenvalue weighted by atomic mass is 9.92. The standard InChI is InChI=1S/C21H19N7O2/c29-21-28(16-3-1-2-4-17(16)30-21)18-9-10-27-20(25-18)15(11-24-27)13-5-7-14(8-6-13)19-22-12-23-26-19/h5-12,16-17H,1-4H2,(H,22,23,26)/t16-,17+/m0/s1. The Hall–Kier alpha value is -3.75. The van der Waals surface area contributed by atoms with Crippen molar-refractivity contribution in [3.05, 3.63) is 49.1 Å². The number of rotatable bonds is 3. The monoisotopic (exact) mass is 401 g/mol. The molecule has 1 aliphatic carbocycles. The minimum atomic E-state index is -0.305. The van der Waals surface area contributed by atoms with Crippen LogP contribution in [0.2, 0.25) is 0 Å². The van der Waals surface area contributed by atoms with Crippen molar-refractivity contribution >= 4 is 17.6 Å². The Labute approximate surface area is 171 Å². The van der Waals surface area contributed by atoms with Gasteiger partial charge in [0, 0.05) is 17.3 Å². The van der Waals surface area contributed by atoms with E-state index in [-0.39, 0.29) is 18.2 Å². The van der Waals surface area contributed by atoms with Gasteiger partial charge in [-0.05, 0) is 30.9 Å². The summed E-state index contributed by atoms with van der Waals surface area (Å²) in [7, 11) is 0. The predicted molar refractivity (Wildman–Crippen MR) is 109 cm³/mol. The molecule has 3 aromatic heterocycles. The molecule has 4 heterocycles. The van der Waals surface area contributed by atoms with Crippen LogP contribution in [0.1, 0.15) is 25.7 Å². The van der Waals surface area contributed by atoms with Gasteiger partial charge < -0.3 is 4.74 Å². The number of carbonyl (C=O) groups is 1. The first-order valence-electron chi connectivity index (χ1n) is 10.1. The van der Waals surface area contributed by atoms with E-state index in [4.69, 9.17) is 9.72 Å². The zero-order chi connectivity index (χ0) is 20.1. The third kappa shape index (κ3) is 2.66. The van der Waals surface area contributed by atoms with Crippen LogP contribution >= 0.6 is 0 Å². The Morgan fingerprint density at radius 1 is 1.07 bits per heavy atom. The Balaban J connectivity index is 1.38. The molecule has 150 valence electrons. The van der Waals surface area contributed by atoms with Gasteiger partial charge in [0.15, 0.2) is 11.5 Å². The average molecular weight is 401 g/mol. The van der Waals surface area contributed by atoms with Crippen LogP contribution in [0.4, 0.5) is 10.6 Å². The van der Waals surface area contributed by atoms with E-state index in [0.717, 1.165) is 42.4 Å². The van der Waals surface area contributed by atoms with Crippen molar-refractivity contribution in [2.45, 2.75) is 37.8 Å². The fourth-order valence-electron chi connectivity index (χ4n) is 4.44. The molecule has 1 saturated carbocycles. The maximum Gasteiger partial charge on any atom is 0.416 e. The summed E-state index contributed by atoms with van der Waals surface area (Å²) in [5.74, 6) is 1.26. The van der Waals surface area contributed by atoms with Gasteiger partial charge in [0.05, 0.1) is 12.2 Å². The topological polar surface area (TPSA) is 101 Å². The highest BCUT2D eigenvalue weighted by Crippen LogP contribution is 2.35. The summed E-state index contributed by atoms with van der Waals surface area (Å²) in [5, 5.41) is 11.3. The van der Waals surface area contributed by atoms with Gasteiger partial charge in [0.1, 0.15) is 18.2 Å². The minimum absolute atomic E-state index is 0.0307. The van der Waals surface area contributed by atoms with Crippen molar-refractivity contribution in [1.82, 2.24) is 29.8 Å². The van der Waals surface area contributed by atoms with E-state index in [1.54, 1.807) is 21.9 Å². The highest BCUT2D eigenvalue weighted by atomic mass is 16.6. The van der Waals surface area contributed by atoms with E-state index >= 15 is 0 Å². The summed E-state index contributed by atoms with van der Waals surface area (Å²) in [6, 6.07) is 9.82. The molecule has 0 spiro atoms. The van der Waals surface area contributed by atoms with Crippen LogP contribution in [0.25, 0.3) is 28.2 Å². The van der Waals surface area contributed by atoms with Crippen molar-refractivity contribution in [3.63, 3.8) is 0 Å². The number of anilines is 1. The maximum absolute atomic E-state index is 12.5. The van der Waals surface area contributed by atoms with Gasteiger partial charge in [0.2, 0.25) is 0 Å². The lowest BCUT2D eigenvalue weighted by Crippen LogP contribution is -2.39. The first kappa shape index (κ1) is 17.1. The van der Waals surface area contributed by atoms with Gasteiger partial charge in [0.25, 0.3) is 0 Å². The van der Waals surface area contributed by atoms with Crippen molar-refractivity contribution in [1.29, 1.82) is 0 Å². The summed E-state index contributed by atoms with van der Waals surface area (Å²) in [6.45, 7) is 0. The summed E-state index contributed by atoms with van der Waals surface area (Å²) in [6.07, 6.45) is 8.92. The molecule has 9 nitrogen and oxygen atoms in total. The molecule has 1 aromatic carbocycles. The zero-order valence-electron chi connectivity index (χ0n) is 16.1. The molecular weight excluding hydrogens is 382 g/mol. The molecule has 1 saturated heterocycles. The van der Waals surface area contributed by atoms with Crippen LogP contribution in [-0.4, -0.2) is 48.0 Å². The second kappa shape index (κ2) is 6.65. The smallest absolute Gasteiger partial charge is 0.416 e. The number of nitrogens with zero attached hydrogens (tertiary/aromatic N) is 6. The van der Waals surface area contributed by atoms with Crippen LogP contribution in [0, 0.1) is 0 Å². The average Bonchev–Trinajstić information content (AvgIpc) is 3.51. The number of H-pyrrole nitrogens is 1. The highest BCUT2D eigenvalue weighted by molar-refractivity contribution is 5.90. The first-order chi connectivity index (χ1) is 14.8. The maximum atomic E-state index is 12.5. The van der Waals surface area contributed by atoms with Crippen LogP contribution in [0.5, 0.6) is 0 Å². The molecule has 4 aromatic rings. The van der Waals surface area contributed by atoms with E-state index in [0.29, 0.717) is 17.3 Å². The molecule has 2 aliphatic rings. The lowest BCUT2D eigenvalue weighted by molar-refractivity contribution is 0.113. The minimum Gasteiger partial charge on any atom is -0.444 e. The number of nitrogens with one attached hydrogen (secondary N) is 1. The molecule has 2 atom stereocenters. The SMILES string of the molecule is O=C1O[C@@H]2CCCC[C@@H]2N1c1ccn2ncc(-c3ccc(-c4nc[nH]n4)cc3)c2n1. The summed E-state index contributed by atoms with van der Waals surface area (Å²) in [5.41, 5.74) is 3.50. The Kier molecular flexibility index (Phi) is 3.80. The Morgan fingerprint density at radius 3 is 2.73 bits per heavy atom. The van der Waals surface area contributed by atoms with Gasteiger partial charge in [-0.25, -0.2) is 19.3 Å². The van der Waals surface area contributed by atoms with E-state index < -0.39 is 0 Å². The third-order valence-electron chi connectivity index (χ3n) is 5.92. The van der Waals surface area contributed by atoms with E-state index in [1.165, 1.54) is 0 Å². The summed E-state index contributed by atoms with van der Waals surface area (Å²) in [4.78, 5) is 23.2. The number of aromatic amines is 1. The number of hydrogen-bond donors (Lipinski definition) is 1. The molecule has 1 amide bonds. The molecule has 2 fully saturated rings. The molecule has 6 rings (SSSR count). The quantitative estimate of drug-likeness (QED) is 0.564. The number of hydrogen-bond acceptors (Lipinski definition) is 6. The van der Waals surface area contributed by atoms with Gasteiger partial charge in [-0.15, -0.1) is 0 Å². The molecule has 9 heteroatoms. The number of aromatic nitrogens is 6. The molecular formula is C21H19N7O2. The van der Waals surface area contributed by atoms with Crippen molar-refractivity contribution in [2.24, 2.45) is 0 Å². The molecule has 0 bridgehead atoms. The van der Waals surface area contributed by atoms with E-state index in [1.807, 2.05) is 36.5 Å². The van der Waals surface area contributed by atoms with E-state index in [2.05, 4.69) is 20.3 Å². The number of benzene rings is 1. The largest absolute Gasteiger partial charge is 0.444 e. The molecule has 0 radical (unpaired) electrons. The first-order valence-corrected chi connectivity index (χ1v) is 10.1. The third-order valence-corrected chi connectivity index (χ3v) is 5.92. The fourth-order valence-corrected chi connectivity index (χ4v) is 4.44. The van der Waals surface area contributed by atoms with Crippen LogP contribution in [-0.2, 0) is 4.74 Å². The Morgan fingerprint density at radius 2 is 1.90 bits per heavy atom. The summed E-state index contributed by atoms with van der Waals surface area (Å²) >= 11 is 0. The van der Waals surface area contributed by atoms with Gasteiger partial charge in [-0.3, -0.25) is 10.00 Å². The zero-order valence-corrected chi connectivity index (χ0v) is 16.1. The summed E-state index contributed by atoms with van der Waals surface area (Å²) < 4.78 is 7.32. The van der Waals surface area contributed by atoms with Crippen LogP contribution in [0.15, 0.2) is 49.1 Å². The number of carbonyl (C=O) groups excluding carboxylic acids is 1. The van der Waals surface area contributed by atoms with Crippen molar-refractivity contribution in [3.8, 4) is 22.5 Å². The predicted octanol–water partition coefficient (Wildman–Crippen LogP) is 3.45. The van der Waals surface area contributed by atoms with Crippen LogP contribution in [0.3, 0.4) is 0 Å². The molecule has 1 N–H and O–H groups in total. The molecule has 1 aliphatic heterocycles. The lowest BCUT2D eigenvalue weighted by Gasteiger charge is -2.27. The van der Waals surface area contributed by atoms with E-state index in [9.17, 15) is 4.79 Å². The van der Waals surface area contributed by atoms with Gasteiger partial charge >= 0.3 is 6.09 Å². The number of ether oxygens (including phenoxy) is 1.